The van der Waals surface area contributed by atoms with Crippen molar-refractivity contribution in [1.82, 2.24) is 5.32 Å². The predicted molar refractivity (Wildman–Crippen MR) is 44.4 cm³/mol. The fraction of sp³-hybridized carbons (Fsp3) is 0.286. The number of hydrogen-bond donors (Lipinski definition) is 3. The van der Waals surface area contributed by atoms with E-state index >= 15 is 0 Å². The van der Waals surface area contributed by atoms with Gasteiger partial charge < -0.3 is 16.8 Å². The molecule has 0 aliphatic rings. The van der Waals surface area contributed by atoms with Gasteiger partial charge in [-0.2, -0.15) is 0 Å². The highest BCUT2D eigenvalue weighted by atomic mass is 16.2. The van der Waals surface area contributed by atoms with Crippen molar-refractivity contribution < 1.29 is 4.79 Å². The molecule has 0 aromatic rings. The molecule has 0 saturated carbocycles. The molecule has 0 bridgehead atoms. The second-order valence-electron chi connectivity index (χ2n) is 2.08. The third-order valence-corrected chi connectivity index (χ3v) is 1.26. The average Bonchev–Trinajstić information content (AvgIpc) is 1.98. The van der Waals surface area contributed by atoms with E-state index in [4.69, 9.17) is 11.5 Å². The number of nitrogens with one attached hydrogen (secondary N) is 1. The molecule has 0 spiro atoms. The lowest BCUT2D eigenvalue weighted by Crippen LogP contribution is -2.25. The summed E-state index contributed by atoms with van der Waals surface area (Å²) in [6.45, 7) is 3.70. The first-order chi connectivity index (χ1) is 5.07. The van der Waals surface area contributed by atoms with Gasteiger partial charge in [-0.15, -0.1) is 0 Å². The molecule has 0 rings (SSSR count). The zero-order valence-corrected chi connectivity index (χ0v) is 6.72. The van der Waals surface area contributed by atoms with Crippen molar-refractivity contribution in [3.05, 3.63) is 23.5 Å². The second-order valence-corrected chi connectivity index (χ2v) is 2.08. The van der Waals surface area contributed by atoms with E-state index in [0.29, 0.717) is 5.70 Å². The number of urea groups is 1. The summed E-state index contributed by atoms with van der Waals surface area (Å²) < 4.78 is 0. The summed E-state index contributed by atoms with van der Waals surface area (Å²) in [5.74, 6) is 0. The quantitative estimate of drug-likeness (QED) is 0.505. The van der Waals surface area contributed by atoms with Gasteiger partial charge >= 0.3 is 6.03 Å². The van der Waals surface area contributed by atoms with Crippen LogP contribution in [0.5, 0.6) is 0 Å². The molecule has 2 amide bonds. The Morgan fingerprint density at radius 3 is 2.36 bits per heavy atom. The highest BCUT2D eigenvalue weighted by Crippen LogP contribution is 1.99. The minimum atomic E-state index is -0.614. The van der Waals surface area contributed by atoms with Crippen LogP contribution < -0.4 is 16.8 Å². The number of carbonyl (C=O) groups excluding carboxylic acids is 1. The number of allylic oxidation sites excluding steroid dienone is 2. The Hall–Kier alpha value is -1.45. The Morgan fingerprint density at radius 1 is 1.45 bits per heavy atom. The normalized spacial score (nSPS) is 12.9. The van der Waals surface area contributed by atoms with Gasteiger partial charge in [-0.3, -0.25) is 0 Å². The molecule has 0 aromatic carbocycles. The molecule has 4 heteroatoms. The van der Waals surface area contributed by atoms with Crippen LogP contribution in [-0.2, 0) is 0 Å². The Labute approximate surface area is 65.9 Å². The van der Waals surface area contributed by atoms with Crippen molar-refractivity contribution >= 4 is 6.03 Å². The second kappa shape index (κ2) is 4.38. The van der Waals surface area contributed by atoms with E-state index in [0.717, 1.165) is 5.57 Å². The molecule has 0 aliphatic heterocycles. The Bertz CT molecular complexity index is 206. The van der Waals surface area contributed by atoms with Gasteiger partial charge in [-0.05, 0) is 19.4 Å². The van der Waals surface area contributed by atoms with Crippen LogP contribution in [0.1, 0.15) is 13.8 Å². The standard InChI is InChI=1S/C7H13N3O/c1-3-5(2)6(8)4-10-7(9)11/h3-4H,8H2,1-2H3,(H3,9,10,11)/b5-3-,6-4?. The van der Waals surface area contributed by atoms with Gasteiger partial charge in [0, 0.05) is 6.20 Å². The lowest BCUT2D eigenvalue weighted by molar-refractivity contribution is 0.252. The van der Waals surface area contributed by atoms with Crippen molar-refractivity contribution in [2.75, 3.05) is 0 Å². The SMILES string of the molecule is C/C=C(/C)C(N)=CNC(N)=O. The van der Waals surface area contributed by atoms with E-state index in [1.54, 1.807) is 0 Å². The van der Waals surface area contributed by atoms with E-state index in [1.807, 2.05) is 19.9 Å². The van der Waals surface area contributed by atoms with Crippen LogP contribution in [0.2, 0.25) is 0 Å². The van der Waals surface area contributed by atoms with Gasteiger partial charge in [0.15, 0.2) is 0 Å². The maximum atomic E-state index is 10.2. The van der Waals surface area contributed by atoms with Gasteiger partial charge in [0.05, 0.1) is 5.70 Å². The van der Waals surface area contributed by atoms with Gasteiger partial charge in [0.25, 0.3) is 0 Å². The topological polar surface area (TPSA) is 81.1 Å². The summed E-state index contributed by atoms with van der Waals surface area (Å²) in [6.07, 6.45) is 3.21. The minimum absolute atomic E-state index is 0.506. The molecular weight excluding hydrogens is 142 g/mol. The van der Waals surface area contributed by atoms with E-state index < -0.39 is 6.03 Å². The number of carbonyl (C=O) groups is 1. The molecule has 5 N–H and O–H groups in total. The van der Waals surface area contributed by atoms with Crippen molar-refractivity contribution in [2.24, 2.45) is 11.5 Å². The smallest absolute Gasteiger partial charge is 0.316 e. The number of primary amides is 1. The minimum Gasteiger partial charge on any atom is -0.397 e. The molecular formula is C7H13N3O. The van der Waals surface area contributed by atoms with E-state index in [9.17, 15) is 4.79 Å². The van der Waals surface area contributed by atoms with Gasteiger partial charge in [0.1, 0.15) is 0 Å². The van der Waals surface area contributed by atoms with Gasteiger partial charge in [-0.25, -0.2) is 4.79 Å². The van der Waals surface area contributed by atoms with Crippen LogP contribution in [-0.4, -0.2) is 6.03 Å². The molecule has 0 atom stereocenters. The average molecular weight is 155 g/mol. The largest absolute Gasteiger partial charge is 0.397 e. The maximum absolute atomic E-state index is 10.2. The zero-order valence-electron chi connectivity index (χ0n) is 6.72. The maximum Gasteiger partial charge on any atom is 0.316 e. The van der Waals surface area contributed by atoms with E-state index in [2.05, 4.69) is 5.32 Å². The van der Waals surface area contributed by atoms with Crippen LogP contribution in [0.3, 0.4) is 0 Å². The van der Waals surface area contributed by atoms with Gasteiger partial charge in [0.2, 0.25) is 0 Å². The first-order valence-corrected chi connectivity index (χ1v) is 3.22. The summed E-state index contributed by atoms with van der Waals surface area (Å²) in [7, 11) is 0. The van der Waals surface area contributed by atoms with E-state index in [-0.39, 0.29) is 0 Å². The number of amides is 2. The predicted octanol–water partition coefficient (Wildman–Crippen LogP) is 0.421. The summed E-state index contributed by atoms with van der Waals surface area (Å²) in [6, 6.07) is -0.614. The molecule has 11 heavy (non-hydrogen) atoms. The van der Waals surface area contributed by atoms with Crippen LogP contribution in [0.4, 0.5) is 4.79 Å². The summed E-state index contributed by atoms with van der Waals surface area (Å²) in [5.41, 5.74) is 11.7. The zero-order chi connectivity index (χ0) is 8.85. The first-order valence-electron chi connectivity index (χ1n) is 3.22. The molecule has 0 aliphatic carbocycles. The molecule has 0 aromatic heterocycles. The molecule has 0 saturated heterocycles. The highest BCUT2D eigenvalue weighted by molar-refractivity contribution is 5.72. The molecule has 62 valence electrons. The third kappa shape index (κ3) is 4.02. The number of hydrogen-bond acceptors (Lipinski definition) is 2. The van der Waals surface area contributed by atoms with Crippen LogP contribution in [0, 0.1) is 0 Å². The lowest BCUT2D eigenvalue weighted by Gasteiger charge is -1.99. The molecule has 0 radical (unpaired) electrons. The molecule has 0 unspecified atom stereocenters. The fourth-order valence-electron chi connectivity index (χ4n) is 0.429. The molecule has 0 heterocycles. The van der Waals surface area contributed by atoms with E-state index in [1.165, 1.54) is 6.20 Å². The third-order valence-electron chi connectivity index (χ3n) is 1.26. The van der Waals surface area contributed by atoms with Crippen LogP contribution >= 0.6 is 0 Å². The Morgan fingerprint density at radius 2 is 2.00 bits per heavy atom. The van der Waals surface area contributed by atoms with Crippen LogP contribution in [0.15, 0.2) is 23.5 Å². The summed E-state index contributed by atoms with van der Waals surface area (Å²) >= 11 is 0. The first kappa shape index (κ1) is 9.55. The van der Waals surface area contributed by atoms with Crippen LogP contribution in [0.25, 0.3) is 0 Å². The number of rotatable bonds is 2. The lowest BCUT2D eigenvalue weighted by atomic mass is 10.2. The highest BCUT2D eigenvalue weighted by Gasteiger charge is 1.91. The molecule has 4 nitrogen and oxygen atoms in total. The molecule has 0 fully saturated rings. The van der Waals surface area contributed by atoms with Crippen molar-refractivity contribution in [2.45, 2.75) is 13.8 Å². The Balaban J connectivity index is 4.12. The van der Waals surface area contributed by atoms with Crippen molar-refractivity contribution in [1.29, 1.82) is 0 Å². The van der Waals surface area contributed by atoms with Gasteiger partial charge in [-0.1, -0.05) is 6.08 Å². The monoisotopic (exact) mass is 155 g/mol. The van der Waals surface area contributed by atoms with Crippen molar-refractivity contribution in [3.63, 3.8) is 0 Å². The summed E-state index contributed by atoms with van der Waals surface area (Å²) in [5, 5.41) is 2.27. The Kier molecular flexibility index (Phi) is 3.80. The number of nitrogens with two attached hydrogens (primary N) is 2. The fourth-order valence-corrected chi connectivity index (χ4v) is 0.429. The summed E-state index contributed by atoms with van der Waals surface area (Å²) in [4.78, 5) is 10.2. The van der Waals surface area contributed by atoms with Crippen molar-refractivity contribution in [3.8, 4) is 0 Å².